The first-order chi connectivity index (χ1) is 13.9. The number of anilines is 1. The molecule has 2 aromatic heterocycles. The van der Waals surface area contributed by atoms with Gasteiger partial charge in [0.2, 0.25) is 5.91 Å². The van der Waals surface area contributed by atoms with Crippen molar-refractivity contribution < 1.29 is 9.59 Å². The predicted octanol–water partition coefficient (Wildman–Crippen LogP) is 2.43. The maximum Gasteiger partial charge on any atom is 0.274 e. The minimum atomic E-state index is -0.432. The molecule has 0 atom stereocenters. The lowest BCUT2D eigenvalue weighted by atomic mass is 10.1. The van der Waals surface area contributed by atoms with Gasteiger partial charge in [-0.1, -0.05) is 23.8 Å². The Bertz CT molecular complexity index is 1070. The smallest absolute Gasteiger partial charge is 0.274 e. The van der Waals surface area contributed by atoms with Crippen LogP contribution < -0.4 is 16.2 Å². The number of nitrogens with zero attached hydrogens (tertiary/aromatic N) is 2. The van der Waals surface area contributed by atoms with Gasteiger partial charge in [0, 0.05) is 17.5 Å². The van der Waals surface area contributed by atoms with Crippen molar-refractivity contribution in [3.63, 3.8) is 0 Å². The molecule has 1 aromatic carbocycles. The van der Waals surface area contributed by atoms with Crippen LogP contribution in [0.15, 0.2) is 65.6 Å². The molecule has 0 aliphatic heterocycles. The van der Waals surface area contributed by atoms with Gasteiger partial charge in [0.05, 0.1) is 12.2 Å². The van der Waals surface area contributed by atoms with Crippen molar-refractivity contribution in [3.8, 4) is 0 Å². The highest BCUT2D eigenvalue weighted by atomic mass is 16.2. The third-order valence-corrected chi connectivity index (χ3v) is 4.45. The van der Waals surface area contributed by atoms with E-state index in [1.807, 2.05) is 25.1 Å². The highest BCUT2D eigenvalue weighted by molar-refractivity contribution is 6.04. The van der Waals surface area contributed by atoms with Gasteiger partial charge in [-0.15, -0.1) is 0 Å². The van der Waals surface area contributed by atoms with E-state index in [4.69, 9.17) is 0 Å². The number of hydrogen-bond donors (Lipinski definition) is 2. The van der Waals surface area contributed by atoms with Crippen molar-refractivity contribution in [2.45, 2.75) is 26.9 Å². The Kier molecular flexibility index (Phi) is 6.19. The number of rotatable bonds is 6. The van der Waals surface area contributed by atoms with E-state index in [2.05, 4.69) is 15.6 Å². The molecule has 0 bridgehead atoms. The van der Waals surface area contributed by atoms with E-state index in [-0.39, 0.29) is 30.6 Å². The van der Waals surface area contributed by atoms with Crippen molar-refractivity contribution in [1.82, 2.24) is 14.9 Å². The van der Waals surface area contributed by atoms with E-state index in [1.165, 1.54) is 4.57 Å². The SMILES string of the molecule is Cc1ccc(C(=O)Nc2ccc(C)n(CC(=O)NCc3ccccn3)c2=O)cc1. The number of aryl methyl sites for hydroxylation is 2. The second-order valence-corrected chi connectivity index (χ2v) is 6.70. The summed E-state index contributed by atoms with van der Waals surface area (Å²) in [5.74, 6) is -0.694. The molecule has 0 radical (unpaired) electrons. The number of carbonyl (C=O) groups excluding carboxylic acids is 2. The van der Waals surface area contributed by atoms with Crippen molar-refractivity contribution in [1.29, 1.82) is 0 Å². The third-order valence-electron chi connectivity index (χ3n) is 4.45. The number of nitrogens with one attached hydrogen (secondary N) is 2. The number of aromatic nitrogens is 2. The van der Waals surface area contributed by atoms with Crippen LogP contribution in [0.25, 0.3) is 0 Å². The Balaban J connectivity index is 1.71. The summed E-state index contributed by atoms with van der Waals surface area (Å²) in [5.41, 5.74) is 2.53. The monoisotopic (exact) mass is 390 g/mol. The van der Waals surface area contributed by atoms with Crippen LogP contribution in [0.3, 0.4) is 0 Å². The van der Waals surface area contributed by atoms with E-state index < -0.39 is 5.56 Å². The first kappa shape index (κ1) is 20.0. The van der Waals surface area contributed by atoms with Crippen molar-refractivity contribution in [3.05, 3.63) is 93.7 Å². The molecule has 0 aliphatic rings. The molecule has 0 spiro atoms. The van der Waals surface area contributed by atoms with Crippen LogP contribution in [0.1, 0.15) is 27.3 Å². The summed E-state index contributed by atoms with van der Waals surface area (Å²) in [6.07, 6.45) is 1.65. The number of benzene rings is 1. The van der Waals surface area contributed by atoms with Crippen LogP contribution in [-0.2, 0) is 17.9 Å². The fraction of sp³-hybridized carbons (Fsp3) is 0.182. The quantitative estimate of drug-likeness (QED) is 0.676. The molecule has 0 saturated heterocycles. The molecule has 3 rings (SSSR count). The van der Waals surface area contributed by atoms with Gasteiger partial charge in [0.25, 0.3) is 11.5 Å². The lowest BCUT2D eigenvalue weighted by molar-refractivity contribution is -0.121. The molecular formula is C22H22N4O3. The number of amides is 2. The molecule has 148 valence electrons. The Morgan fingerprint density at radius 2 is 1.76 bits per heavy atom. The van der Waals surface area contributed by atoms with Gasteiger partial charge in [-0.3, -0.25) is 19.4 Å². The zero-order valence-corrected chi connectivity index (χ0v) is 16.3. The van der Waals surface area contributed by atoms with E-state index in [0.29, 0.717) is 11.3 Å². The summed E-state index contributed by atoms with van der Waals surface area (Å²) in [6, 6.07) is 15.7. The average molecular weight is 390 g/mol. The zero-order valence-electron chi connectivity index (χ0n) is 16.3. The van der Waals surface area contributed by atoms with Crippen LogP contribution in [0.5, 0.6) is 0 Å². The maximum absolute atomic E-state index is 12.8. The molecule has 0 saturated carbocycles. The van der Waals surface area contributed by atoms with Crippen LogP contribution in [0, 0.1) is 13.8 Å². The lowest BCUT2D eigenvalue weighted by Crippen LogP contribution is -2.34. The van der Waals surface area contributed by atoms with Gasteiger partial charge in [0.15, 0.2) is 0 Å². The molecule has 0 fully saturated rings. The third kappa shape index (κ3) is 5.16. The number of carbonyl (C=O) groups is 2. The fourth-order valence-corrected chi connectivity index (χ4v) is 2.75. The summed E-state index contributed by atoms with van der Waals surface area (Å²) in [7, 11) is 0. The standard InChI is InChI=1S/C22H22N4O3/c1-15-6-9-17(10-7-15)21(28)25-19-11-8-16(2)26(22(19)29)14-20(27)24-13-18-5-3-4-12-23-18/h3-12H,13-14H2,1-2H3,(H,24,27)(H,25,28). The molecule has 29 heavy (non-hydrogen) atoms. The Morgan fingerprint density at radius 3 is 2.45 bits per heavy atom. The first-order valence-electron chi connectivity index (χ1n) is 9.19. The summed E-state index contributed by atoms with van der Waals surface area (Å²) in [4.78, 5) is 41.6. The highest BCUT2D eigenvalue weighted by Gasteiger charge is 2.13. The zero-order chi connectivity index (χ0) is 20.8. The van der Waals surface area contributed by atoms with Crippen molar-refractivity contribution in [2.24, 2.45) is 0 Å². The first-order valence-corrected chi connectivity index (χ1v) is 9.19. The summed E-state index contributed by atoms with van der Waals surface area (Å²) < 4.78 is 1.33. The number of pyridine rings is 2. The Labute approximate surface area is 168 Å². The second-order valence-electron chi connectivity index (χ2n) is 6.70. The molecule has 3 aromatic rings. The molecule has 2 heterocycles. The average Bonchev–Trinajstić information content (AvgIpc) is 2.73. The molecule has 2 amide bonds. The summed E-state index contributed by atoms with van der Waals surface area (Å²) in [5, 5.41) is 5.38. The van der Waals surface area contributed by atoms with E-state index in [0.717, 1.165) is 11.3 Å². The molecular weight excluding hydrogens is 368 g/mol. The van der Waals surface area contributed by atoms with Gasteiger partial charge < -0.3 is 15.2 Å². The van der Waals surface area contributed by atoms with Crippen LogP contribution in [0.4, 0.5) is 5.69 Å². The lowest BCUT2D eigenvalue weighted by Gasteiger charge is -2.13. The van der Waals surface area contributed by atoms with Gasteiger partial charge in [-0.25, -0.2) is 0 Å². The number of hydrogen-bond acceptors (Lipinski definition) is 4. The minimum Gasteiger partial charge on any atom is -0.349 e. The van der Waals surface area contributed by atoms with Gasteiger partial charge in [0.1, 0.15) is 12.2 Å². The Hall–Kier alpha value is -3.74. The van der Waals surface area contributed by atoms with Crippen LogP contribution >= 0.6 is 0 Å². The highest BCUT2D eigenvalue weighted by Crippen LogP contribution is 2.08. The predicted molar refractivity (Wildman–Crippen MR) is 111 cm³/mol. The largest absolute Gasteiger partial charge is 0.349 e. The maximum atomic E-state index is 12.8. The molecule has 2 N–H and O–H groups in total. The summed E-state index contributed by atoms with van der Waals surface area (Å²) >= 11 is 0. The van der Waals surface area contributed by atoms with Gasteiger partial charge in [-0.2, -0.15) is 0 Å². The van der Waals surface area contributed by atoms with Crippen molar-refractivity contribution >= 4 is 17.5 Å². The van der Waals surface area contributed by atoms with Crippen molar-refractivity contribution in [2.75, 3.05) is 5.32 Å². The topological polar surface area (TPSA) is 93.1 Å². The molecule has 7 nitrogen and oxygen atoms in total. The van der Waals surface area contributed by atoms with Crippen LogP contribution in [0.2, 0.25) is 0 Å². The molecule has 7 heteroatoms. The second kappa shape index (κ2) is 8.97. The van der Waals surface area contributed by atoms with Crippen LogP contribution in [-0.4, -0.2) is 21.4 Å². The fourth-order valence-electron chi connectivity index (χ4n) is 2.75. The molecule has 0 aliphatic carbocycles. The van der Waals surface area contributed by atoms with E-state index in [9.17, 15) is 14.4 Å². The van der Waals surface area contributed by atoms with Gasteiger partial charge >= 0.3 is 0 Å². The van der Waals surface area contributed by atoms with Gasteiger partial charge in [-0.05, 0) is 50.2 Å². The Morgan fingerprint density at radius 1 is 1.00 bits per heavy atom. The molecule has 0 unspecified atom stereocenters. The normalized spacial score (nSPS) is 10.4. The van der Waals surface area contributed by atoms with E-state index >= 15 is 0 Å². The minimum absolute atomic E-state index is 0.124. The summed E-state index contributed by atoms with van der Waals surface area (Å²) in [6.45, 7) is 3.79. The van der Waals surface area contributed by atoms with E-state index in [1.54, 1.807) is 49.5 Å².